The van der Waals surface area contributed by atoms with Crippen molar-refractivity contribution in [1.82, 2.24) is 14.9 Å². The van der Waals surface area contributed by atoms with Gasteiger partial charge in [0.05, 0.1) is 30.5 Å². The molecular formula is C38H46N4O8. The Balaban J connectivity index is 1.23. The largest absolute Gasteiger partial charge is 0.487 e. The molecule has 3 aromatic carbocycles. The van der Waals surface area contributed by atoms with Crippen LogP contribution in [0.25, 0.3) is 10.9 Å². The zero-order valence-corrected chi connectivity index (χ0v) is 29.6. The number of benzene rings is 3. The molecule has 5 rings (SSSR count). The molecule has 0 atom stereocenters. The molecule has 2 amide bonds. The first-order valence-electron chi connectivity index (χ1n) is 16.7. The molecule has 0 radical (unpaired) electrons. The van der Waals surface area contributed by atoms with Gasteiger partial charge in [0.1, 0.15) is 30.9 Å². The molecule has 0 spiro atoms. The van der Waals surface area contributed by atoms with Crippen LogP contribution in [0.15, 0.2) is 60.9 Å². The number of carbonyl (C=O) groups excluding carboxylic acids is 2. The van der Waals surface area contributed by atoms with Crippen molar-refractivity contribution in [2.24, 2.45) is 0 Å². The van der Waals surface area contributed by atoms with Crippen LogP contribution >= 0.6 is 0 Å². The normalized spacial score (nSPS) is 12.8. The lowest BCUT2D eigenvalue weighted by Gasteiger charge is -2.27. The molecule has 0 aliphatic heterocycles. The molecule has 4 aromatic rings. The molecule has 1 fully saturated rings. The van der Waals surface area contributed by atoms with Crippen LogP contribution in [0.2, 0.25) is 0 Å². The van der Waals surface area contributed by atoms with Gasteiger partial charge in [-0.15, -0.1) is 0 Å². The first kappa shape index (κ1) is 36.3. The van der Waals surface area contributed by atoms with Crippen LogP contribution < -0.4 is 19.5 Å². The minimum absolute atomic E-state index is 0.160. The SMILES string of the molecule is COCCOc1cc2ncnc(Oc3ccc(CC(=O)Nc4cc(C)cc(CN(C(=O)OC(C)(C)C)C5CC5)c4)cc3)c2cc1OCCOC. The second-order valence-electron chi connectivity index (χ2n) is 13.2. The average molecular weight is 687 g/mol. The molecule has 12 nitrogen and oxygen atoms in total. The van der Waals surface area contributed by atoms with Gasteiger partial charge < -0.3 is 38.6 Å². The van der Waals surface area contributed by atoms with Crippen LogP contribution in [0, 0.1) is 6.92 Å². The van der Waals surface area contributed by atoms with E-state index in [9.17, 15) is 9.59 Å². The first-order valence-corrected chi connectivity index (χ1v) is 16.7. The third kappa shape index (κ3) is 10.5. The lowest BCUT2D eigenvalue weighted by molar-refractivity contribution is -0.115. The van der Waals surface area contributed by atoms with Crippen molar-refractivity contribution in [1.29, 1.82) is 0 Å². The van der Waals surface area contributed by atoms with Crippen molar-refractivity contribution in [2.75, 3.05) is 46.0 Å². The van der Waals surface area contributed by atoms with Crippen molar-refractivity contribution < 1.29 is 38.0 Å². The summed E-state index contributed by atoms with van der Waals surface area (Å²) in [5, 5.41) is 3.66. The maximum absolute atomic E-state index is 13.1. The summed E-state index contributed by atoms with van der Waals surface area (Å²) < 4.78 is 33.8. The van der Waals surface area contributed by atoms with Crippen LogP contribution in [-0.4, -0.2) is 79.2 Å². The highest BCUT2D eigenvalue weighted by Gasteiger charge is 2.35. The summed E-state index contributed by atoms with van der Waals surface area (Å²) in [6.45, 7) is 9.51. The Kier molecular flexibility index (Phi) is 12.1. The number of ether oxygens (including phenoxy) is 6. The topological polar surface area (TPSA) is 131 Å². The van der Waals surface area contributed by atoms with E-state index in [1.807, 2.05) is 58.0 Å². The summed E-state index contributed by atoms with van der Waals surface area (Å²) >= 11 is 0. The summed E-state index contributed by atoms with van der Waals surface area (Å²) in [6.07, 6.45) is 3.21. The van der Waals surface area contributed by atoms with Crippen molar-refractivity contribution >= 4 is 28.6 Å². The minimum atomic E-state index is -0.571. The monoisotopic (exact) mass is 686 g/mol. The summed E-state index contributed by atoms with van der Waals surface area (Å²) in [5.41, 5.74) is 3.46. The molecule has 0 unspecified atom stereocenters. The van der Waals surface area contributed by atoms with E-state index >= 15 is 0 Å². The summed E-state index contributed by atoms with van der Waals surface area (Å²) in [4.78, 5) is 36.5. The van der Waals surface area contributed by atoms with Crippen LogP contribution in [0.4, 0.5) is 10.5 Å². The number of anilines is 1. The Morgan fingerprint density at radius 3 is 2.18 bits per heavy atom. The highest BCUT2D eigenvalue weighted by Crippen LogP contribution is 2.36. The molecule has 50 heavy (non-hydrogen) atoms. The van der Waals surface area contributed by atoms with Crippen LogP contribution in [-0.2, 0) is 32.0 Å². The van der Waals surface area contributed by atoms with E-state index in [0.717, 1.165) is 29.5 Å². The van der Waals surface area contributed by atoms with Crippen molar-refractivity contribution in [2.45, 2.75) is 65.1 Å². The van der Waals surface area contributed by atoms with Gasteiger partial charge in [-0.25, -0.2) is 14.8 Å². The molecule has 1 aromatic heterocycles. The van der Waals surface area contributed by atoms with Crippen LogP contribution in [0.1, 0.15) is 50.3 Å². The van der Waals surface area contributed by atoms with Gasteiger partial charge in [-0.3, -0.25) is 4.79 Å². The number of fused-ring (bicyclic) bond motifs is 1. The Morgan fingerprint density at radius 1 is 0.860 bits per heavy atom. The Morgan fingerprint density at radius 2 is 1.54 bits per heavy atom. The van der Waals surface area contributed by atoms with E-state index in [0.29, 0.717) is 72.7 Å². The zero-order valence-electron chi connectivity index (χ0n) is 29.6. The maximum atomic E-state index is 13.1. The van der Waals surface area contributed by atoms with E-state index in [2.05, 4.69) is 15.3 Å². The maximum Gasteiger partial charge on any atom is 0.410 e. The van der Waals surface area contributed by atoms with Gasteiger partial charge in [0.15, 0.2) is 11.5 Å². The van der Waals surface area contributed by atoms with Gasteiger partial charge in [-0.1, -0.05) is 18.2 Å². The molecule has 1 saturated carbocycles. The highest BCUT2D eigenvalue weighted by atomic mass is 16.6. The minimum Gasteiger partial charge on any atom is -0.487 e. The smallest absolute Gasteiger partial charge is 0.410 e. The van der Waals surface area contributed by atoms with Crippen molar-refractivity contribution in [3.05, 3.63) is 77.6 Å². The number of rotatable bonds is 16. The second-order valence-corrected chi connectivity index (χ2v) is 13.2. The van der Waals surface area contributed by atoms with E-state index < -0.39 is 5.60 Å². The fraction of sp³-hybridized carbons (Fsp3) is 0.421. The zero-order chi connectivity index (χ0) is 35.7. The summed E-state index contributed by atoms with van der Waals surface area (Å²) in [6, 6.07) is 16.9. The lowest BCUT2D eigenvalue weighted by atomic mass is 10.1. The van der Waals surface area contributed by atoms with Gasteiger partial charge in [-0.2, -0.15) is 0 Å². The summed E-state index contributed by atoms with van der Waals surface area (Å²) in [5.74, 6) is 1.77. The Bertz CT molecular complexity index is 1770. The molecule has 1 N–H and O–H groups in total. The first-order chi connectivity index (χ1) is 24.0. The molecule has 1 aliphatic rings. The molecule has 1 heterocycles. The Labute approximate surface area is 293 Å². The third-order valence-corrected chi connectivity index (χ3v) is 7.65. The van der Waals surface area contributed by atoms with Gasteiger partial charge in [0.25, 0.3) is 0 Å². The van der Waals surface area contributed by atoms with Crippen LogP contribution in [0.3, 0.4) is 0 Å². The Hall–Kier alpha value is -4.94. The fourth-order valence-electron chi connectivity index (χ4n) is 5.27. The van der Waals surface area contributed by atoms with Crippen LogP contribution in [0.5, 0.6) is 23.1 Å². The number of amides is 2. The van der Waals surface area contributed by atoms with E-state index in [1.54, 1.807) is 43.4 Å². The standard InChI is InChI=1S/C38H46N4O8/c1-25-17-27(23-42(29-9-10-29)37(44)50-38(2,3)4)19-28(18-25)41-35(43)20-26-7-11-30(12-8-26)49-36-31-21-33(47-15-13-45-5)34(48-16-14-46-6)22-32(31)39-24-40-36/h7-8,11-12,17-19,21-22,24,29H,9-10,13-16,20,23H2,1-6H3,(H,41,43). The van der Waals surface area contributed by atoms with Crippen molar-refractivity contribution in [3.63, 3.8) is 0 Å². The molecule has 1 aliphatic carbocycles. The molecule has 266 valence electrons. The van der Waals surface area contributed by atoms with E-state index in [4.69, 9.17) is 28.4 Å². The number of carbonyl (C=O) groups is 2. The van der Waals surface area contributed by atoms with Gasteiger partial charge in [-0.05, 0) is 87.6 Å². The molecular weight excluding hydrogens is 640 g/mol. The number of hydrogen-bond acceptors (Lipinski definition) is 10. The van der Waals surface area contributed by atoms with Gasteiger partial charge >= 0.3 is 6.09 Å². The highest BCUT2D eigenvalue weighted by molar-refractivity contribution is 5.92. The van der Waals surface area contributed by atoms with E-state index in [1.165, 1.54) is 6.33 Å². The summed E-state index contributed by atoms with van der Waals surface area (Å²) in [7, 11) is 3.22. The van der Waals surface area contributed by atoms with Crippen molar-refractivity contribution in [3.8, 4) is 23.1 Å². The lowest BCUT2D eigenvalue weighted by Crippen LogP contribution is -2.37. The van der Waals surface area contributed by atoms with E-state index in [-0.39, 0.29) is 24.5 Å². The predicted molar refractivity (Wildman–Crippen MR) is 189 cm³/mol. The number of aromatic nitrogens is 2. The third-order valence-electron chi connectivity index (χ3n) is 7.65. The predicted octanol–water partition coefficient (Wildman–Crippen LogP) is 6.86. The fourth-order valence-corrected chi connectivity index (χ4v) is 5.27. The second kappa shape index (κ2) is 16.6. The number of nitrogens with one attached hydrogen (secondary N) is 1. The molecule has 0 bridgehead atoms. The number of methoxy groups -OCH3 is 2. The quantitative estimate of drug-likeness (QED) is 0.125. The number of aryl methyl sites for hydroxylation is 1. The van der Waals surface area contributed by atoms with Gasteiger partial charge in [0, 0.05) is 38.6 Å². The number of hydrogen-bond donors (Lipinski definition) is 1. The average Bonchev–Trinajstić information content (AvgIpc) is 3.89. The van der Waals surface area contributed by atoms with Gasteiger partial charge in [0.2, 0.25) is 11.8 Å². The number of nitrogens with zero attached hydrogens (tertiary/aromatic N) is 3. The molecule has 0 saturated heterocycles. The molecule has 12 heteroatoms.